The van der Waals surface area contributed by atoms with Crippen molar-refractivity contribution < 1.29 is 0 Å². The summed E-state index contributed by atoms with van der Waals surface area (Å²) in [6.45, 7) is 4.84. The molecule has 4 heteroatoms. The number of anilines is 1. The van der Waals surface area contributed by atoms with Gasteiger partial charge >= 0.3 is 0 Å². The number of nitrogens with zero attached hydrogens (tertiary/aromatic N) is 3. The molecule has 116 valence electrons. The van der Waals surface area contributed by atoms with Gasteiger partial charge in [0.2, 0.25) is 0 Å². The van der Waals surface area contributed by atoms with Gasteiger partial charge in [-0.1, -0.05) is 18.2 Å². The van der Waals surface area contributed by atoms with E-state index in [1.54, 1.807) is 0 Å². The lowest BCUT2D eigenvalue weighted by Gasteiger charge is -2.40. The van der Waals surface area contributed by atoms with Crippen molar-refractivity contribution in [2.75, 3.05) is 42.6 Å². The quantitative estimate of drug-likeness (QED) is 0.847. The van der Waals surface area contributed by atoms with E-state index in [2.05, 4.69) is 58.0 Å². The maximum atomic E-state index is 4.85. The molecule has 2 saturated heterocycles. The fourth-order valence-corrected chi connectivity index (χ4v) is 4.57. The highest BCUT2D eigenvalue weighted by molar-refractivity contribution is 7.99. The van der Waals surface area contributed by atoms with Crippen LogP contribution in [-0.4, -0.2) is 53.6 Å². The van der Waals surface area contributed by atoms with E-state index < -0.39 is 0 Å². The third kappa shape index (κ3) is 2.95. The molecule has 0 unspecified atom stereocenters. The minimum atomic E-state index is 0.789. The molecule has 0 spiro atoms. The van der Waals surface area contributed by atoms with Gasteiger partial charge in [-0.05, 0) is 31.0 Å². The molecular weight excluding hydrogens is 290 g/mol. The minimum absolute atomic E-state index is 0.789. The molecule has 0 radical (unpaired) electrons. The van der Waals surface area contributed by atoms with Gasteiger partial charge in [-0.15, -0.1) is 0 Å². The lowest BCUT2D eigenvalue weighted by molar-refractivity contribution is 0.185. The molecule has 2 aliphatic rings. The maximum absolute atomic E-state index is 4.85. The van der Waals surface area contributed by atoms with Crippen LogP contribution in [0.3, 0.4) is 0 Å². The third-order valence-corrected chi connectivity index (χ3v) is 5.88. The van der Waals surface area contributed by atoms with Crippen LogP contribution < -0.4 is 4.90 Å². The highest BCUT2D eigenvalue weighted by Gasteiger charge is 2.26. The number of benzene rings is 1. The number of hydrogen-bond donors (Lipinski definition) is 0. The first-order valence-electron chi connectivity index (χ1n) is 8.33. The Balaban J connectivity index is 1.43. The van der Waals surface area contributed by atoms with Gasteiger partial charge in [-0.2, -0.15) is 11.8 Å². The van der Waals surface area contributed by atoms with Crippen LogP contribution in [-0.2, 0) is 0 Å². The molecule has 0 bridgehead atoms. The maximum Gasteiger partial charge on any atom is 0.129 e. The van der Waals surface area contributed by atoms with Gasteiger partial charge in [0.1, 0.15) is 5.82 Å². The molecule has 0 atom stereocenters. The Kier molecular flexibility index (Phi) is 4.22. The number of rotatable bonds is 2. The summed E-state index contributed by atoms with van der Waals surface area (Å²) in [7, 11) is 0. The van der Waals surface area contributed by atoms with E-state index in [-0.39, 0.29) is 0 Å². The van der Waals surface area contributed by atoms with Crippen LogP contribution in [0, 0.1) is 0 Å². The highest BCUT2D eigenvalue weighted by Crippen LogP contribution is 2.24. The molecule has 2 aromatic rings. The summed E-state index contributed by atoms with van der Waals surface area (Å²) in [5.74, 6) is 3.77. The summed E-state index contributed by atoms with van der Waals surface area (Å²) in [5, 5.41) is 1.23. The first-order chi connectivity index (χ1) is 10.9. The van der Waals surface area contributed by atoms with Gasteiger partial charge in [0.05, 0.1) is 5.52 Å². The van der Waals surface area contributed by atoms with E-state index >= 15 is 0 Å². The van der Waals surface area contributed by atoms with Gasteiger partial charge in [0, 0.05) is 49.1 Å². The van der Waals surface area contributed by atoms with Crippen LogP contribution in [0.1, 0.15) is 12.8 Å². The number of pyridine rings is 1. The second kappa shape index (κ2) is 6.47. The second-order valence-corrected chi connectivity index (χ2v) is 7.45. The number of aromatic nitrogens is 1. The van der Waals surface area contributed by atoms with Crippen LogP contribution in [0.5, 0.6) is 0 Å². The Morgan fingerprint density at radius 2 is 1.68 bits per heavy atom. The van der Waals surface area contributed by atoms with Gasteiger partial charge in [-0.25, -0.2) is 4.98 Å². The van der Waals surface area contributed by atoms with Crippen LogP contribution >= 0.6 is 11.8 Å². The van der Waals surface area contributed by atoms with Gasteiger partial charge in [0.15, 0.2) is 0 Å². The molecular formula is C18H23N3S. The SMILES string of the molecule is c1ccc2nc(N3CCC(N4CCSCC4)CC3)ccc2c1. The summed E-state index contributed by atoms with van der Waals surface area (Å²) in [6, 6.07) is 13.6. The van der Waals surface area contributed by atoms with Crippen molar-refractivity contribution in [2.45, 2.75) is 18.9 Å². The minimum Gasteiger partial charge on any atom is -0.356 e. The van der Waals surface area contributed by atoms with E-state index in [1.807, 2.05) is 0 Å². The fourth-order valence-electron chi connectivity index (χ4n) is 3.63. The van der Waals surface area contributed by atoms with E-state index in [0.29, 0.717) is 0 Å². The van der Waals surface area contributed by atoms with Gasteiger partial charge in [-0.3, -0.25) is 4.90 Å². The summed E-state index contributed by atoms with van der Waals surface area (Å²) in [5.41, 5.74) is 1.11. The van der Waals surface area contributed by atoms with Crippen LogP contribution in [0.2, 0.25) is 0 Å². The summed E-state index contributed by atoms with van der Waals surface area (Å²) in [4.78, 5) is 10.0. The summed E-state index contributed by atoms with van der Waals surface area (Å²) >= 11 is 2.10. The summed E-state index contributed by atoms with van der Waals surface area (Å²) < 4.78 is 0. The Morgan fingerprint density at radius 3 is 2.50 bits per heavy atom. The zero-order valence-electron chi connectivity index (χ0n) is 12.9. The Labute approximate surface area is 136 Å². The molecule has 4 rings (SSSR count). The molecule has 3 nitrogen and oxygen atoms in total. The van der Waals surface area contributed by atoms with Crippen molar-refractivity contribution in [3.8, 4) is 0 Å². The summed E-state index contributed by atoms with van der Waals surface area (Å²) in [6.07, 6.45) is 2.55. The third-order valence-electron chi connectivity index (χ3n) is 4.93. The first-order valence-corrected chi connectivity index (χ1v) is 9.48. The topological polar surface area (TPSA) is 19.4 Å². The molecule has 0 aliphatic carbocycles. The highest BCUT2D eigenvalue weighted by atomic mass is 32.2. The van der Waals surface area contributed by atoms with Crippen molar-refractivity contribution >= 4 is 28.5 Å². The van der Waals surface area contributed by atoms with Crippen molar-refractivity contribution in [1.82, 2.24) is 9.88 Å². The average molecular weight is 313 g/mol. The molecule has 0 amide bonds. The van der Waals surface area contributed by atoms with E-state index in [9.17, 15) is 0 Å². The first kappa shape index (κ1) is 14.3. The Hall–Kier alpha value is -1.26. The molecule has 0 saturated carbocycles. The Morgan fingerprint density at radius 1 is 0.909 bits per heavy atom. The Bertz CT molecular complexity index is 631. The van der Waals surface area contributed by atoms with Crippen molar-refractivity contribution in [3.05, 3.63) is 36.4 Å². The van der Waals surface area contributed by atoms with E-state index in [0.717, 1.165) is 30.5 Å². The predicted molar refractivity (Wildman–Crippen MR) is 95.9 cm³/mol. The van der Waals surface area contributed by atoms with Crippen LogP contribution in [0.4, 0.5) is 5.82 Å². The number of thioether (sulfide) groups is 1. The van der Waals surface area contributed by atoms with Crippen molar-refractivity contribution in [1.29, 1.82) is 0 Å². The van der Waals surface area contributed by atoms with Gasteiger partial charge < -0.3 is 4.90 Å². The number of fused-ring (bicyclic) bond motifs is 1. The fraction of sp³-hybridized carbons (Fsp3) is 0.500. The van der Waals surface area contributed by atoms with Crippen molar-refractivity contribution in [3.63, 3.8) is 0 Å². The van der Waals surface area contributed by atoms with Crippen LogP contribution in [0.15, 0.2) is 36.4 Å². The molecule has 1 aromatic heterocycles. The predicted octanol–water partition coefficient (Wildman–Crippen LogP) is 3.25. The lowest BCUT2D eigenvalue weighted by atomic mass is 10.0. The zero-order valence-corrected chi connectivity index (χ0v) is 13.8. The molecule has 0 N–H and O–H groups in total. The number of hydrogen-bond acceptors (Lipinski definition) is 4. The monoisotopic (exact) mass is 313 g/mol. The largest absolute Gasteiger partial charge is 0.356 e. The van der Waals surface area contributed by atoms with E-state index in [1.165, 1.54) is 42.8 Å². The van der Waals surface area contributed by atoms with Crippen LogP contribution in [0.25, 0.3) is 10.9 Å². The second-order valence-electron chi connectivity index (χ2n) is 6.23. The van der Waals surface area contributed by atoms with E-state index in [4.69, 9.17) is 4.98 Å². The number of para-hydroxylation sites is 1. The average Bonchev–Trinajstić information content (AvgIpc) is 2.62. The number of piperidine rings is 1. The smallest absolute Gasteiger partial charge is 0.129 e. The van der Waals surface area contributed by atoms with Crippen molar-refractivity contribution in [2.24, 2.45) is 0 Å². The molecule has 22 heavy (non-hydrogen) atoms. The molecule has 2 fully saturated rings. The normalized spacial score (nSPS) is 21.4. The molecule has 2 aliphatic heterocycles. The molecule has 1 aromatic carbocycles. The van der Waals surface area contributed by atoms with Gasteiger partial charge in [0.25, 0.3) is 0 Å². The standard InChI is InChI=1S/C18H23N3S/c1-2-4-17-15(3-1)5-6-18(19-17)21-9-7-16(8-10-21)20-11-13-22-14-12-20/h1-6,16H,7-14H2. The zero-order chi connectivity index (χ0) is 14.8. The lowest BCUT2D eigenvalue weighted by Crippen LogP contribution is -2.47. The molecule has 3 heterocycles.